The Morgan fingerprint density at radius 2 is 1.89 bits per heavy atom. The Kier molecular flexibility index (Phi) is 5.08. The van der Waals surface area contributed by atoms with Crippen LogP contribution in [-0.2, 0) is 6.42 Å². The Morgan fingerprint density at radius 1 is 1.16 bits per heavy atom. The highest BCUT2D eigenvalue weighted by molar-refractivity contribution is 9.10. The SMILES string of the molecule is CCCNc1ncnc(NCCc2ncon2)c1Br. The van der Waals surface area contributed by atoms with Crippen LogP contribution in [0, 0.1) is 0 Å². The minimum Gasteiger partial charge on any atom is -0.369 e. The van der Waals surface area contributed by atoms with E-state index in [4.69, 9.17) is 0 Å². The summed E-state index contributed by atoms with van der Waals surface area (Å²) in [7, 11) is 0. The monoisotopic (exact) mass is 326 g/mol. The van der Waals surface area contributed by atoms with Gasteiger partial charge in [0.1, 0.15) is 22.4 Å². The Labute approximate surface area is 119 Å². The van der Waals surface area contributed by atoms with E-state index in [1.807, 2.05) is 0 Å². The fourth-order valence-corrected chi connectivity index (χ4v) is 1.94. The predicted molar refractivity (Wildman–Crippen MR) is 75.0 cm³/mol. The quantitative estimate of drug-likeness (QED) is 0.805. The molecule has 7 nitrogen and oxygen atoms in total. The number of aromatic nitrogens is 4. The Bertz CT molecular complexity index is 504. The zero-order valence-corrected chi connectivity index (χ0v) is 12.1. The summed E-state index contributed by atoms with van der Waals surface area (Å²) < 4.78 is 5.50. The summed E-state index contributed by atoms with van der Waals surface area (Å²) in [6.07, 6.45) is 4.56. The van der Waals surface area contributed by atoms with Crippen LogP contribution >= 0.6 is 15.9 Å². The average Bonchev–Trinajstić information content (AvgIpc) is 2.92. The standard InChI is InChI=1S/C11H15BrN6O/c1-2-4-13-10-9(12)11(16-6-15-10)14-5-3-8-17-7-19-18-8/h6-7H,2-5H2,1H3,(H2,13,14,15,16). The molecule has 2 aromatic rings. The molecule has 2 N–H and O–H groups in total. The van der Waals surface area contributed by atoms with Gasteiger partial charge in [-0.15, -0.1) is 0 Å². The number of rotatable bonds is 7. The van der Waals surface area contributed by atoms with Gasteiger partial charge in [-0.1, -0.05) is 12.1 Å². The lowest BCUT2D eigenvalue weighted by Gasteiger charge is -2.10. The second-order valence-electron chi connectivity index (χ2n) is 3.84. The first-order chi connectivity index (χ1) is 9.31. The fraction of sp³-hybridized carbons (Fsp3) is 0.455. The molecule has 102 valence electrons. The summed E-state index contributed by atoms with van der Waals surface area (Å²) in [4.78, 5) is 12.3. The molecule has 0 bridgehead atoms. The van der Waals surface area contributed by atoms with Crippen LogP contribution in [0.2, 0.25) is 0 Å². The molecule has 2 aromatic heterocycles. The maximum Gasteiger partial charge on any atom is 0.213 e. The smallest absolute Gasteiger partial charge is 0.213 e. The maximum absolute atomic E-state index is 4.67. The summed E-state index contributed by atoms with van der Waals surface area (Å²) in [6, 6.07) is 0. The zero-order valence-electron chi connectivity index (χ0n) is 10.6. The lowest BCUT2D eigenvalue weighted by atomic mass is 10.4. The van der Waals surface area contributed by atoms with Crippen molar-refractivity contribution in [1.82, 2.24) is 20.1 Å². The molecule has 0 aliphatic carbocycles. The molecule has 8 heteroatoms. The van der Waals surface area contributed by atoms with Crippen molar-refractivity contribution in [1.29, 1.82) is 0 Å². The van der Waals surface area contributed by atoms with E-state index in [-0.39, 0.29) is 0 Å². The second kappa shape index (κ2) is 7.03. The van der Waals surface area contributed by atoms with Gasteiger partial charge in [-0.05, 0) is 22.4 Å². The van der Waals surface area contributed by atoms with Gasteiger partial charge in [0, 0.05) is 19.5 Å². The fourth-order valence-electron chi connectivity index (χ4n) is 1.46. The third-order valence-corrected chi connectivity index (χ3v) is 3.13. The van der Waals surface area contributed by atoms with Gasteiger partial charge in [-0.2, -0.15) is 4.98 Å². The van der Waals surface area contributed by atoms with Crippen molar-refractivity contribution in [3.8, 4) is 0 Å². The highest BCUT2D eigenvalue weighted by Gasteiger charge is 2.08. The van der Waals surface area contributed by atoms with E-state index in [1.165, 1.54) is 12.7 Å². The molecule has 0 aromatic carbocycles. The number of nitrogens with zero attached hydrogens (tertiary/aromatic N) is 4. The van der Waals surface area contributed by atoms with E-state index < -0.39 is 0 Å². The molecule has 0 amide bonds. The number of anilines is 2. The molecule has 2 heterocycles. The third-order valence-electron chi connectivity index (χ3n) is 2.38. The van der Waals surface area contributed by atoms with Crippen LogP contribution in [0.4, 0.5) is 11.6 Å². The van der Waals surface area contributed by atoms with Crippen molar-refractivity contribution >= 4 is 27.6 Å². The second-order valence-corrected chi connectivity index (χ2v) is 4.63. The van der Waals surface area contributed by atoms with E-state index >= 15 is 0 Å². The lowest BCUT2D eigenvalue weighted by Crippen LogP contribution is -2.10. The summed E-state index contributed by atoms with van der Waals surface area (Å²) in [5, 5.41) is 10.2. The van der Waals surface area contributed by atoms with Gasteiger partial charge in [0.25, 0.3) is 0 Å². The van der Waals surface area contributed by atoms with Crippen molar-refractivity contribution < 1.29 is 4.52 Å². The van der Waals surface area contributed by atoms with Crippen molar-refractivity contribution in [3.05, 3.63) is 23.0 Å². The van der Waals surface area contributed by atoms with Gasteiger partial charge in [0.2, 0.25) is 6.39 Å². The van der Waals surface area contributed by atoms with Crippen LogP contribution in [-0.4, -0.2) is 33.2 Å². The Balaban J connectivity index is 1.92. The largest absolute Gasteiger partial charge is 0.369 e. The Hall–Kier alpha value is -1.70. The molecule has 0 aliphatic rings. The van der Waals surface area contributed by atoms with E-state index in [1.54, 1.807) is 0 Å². The zero-order chi connectivity index (χ0) is 13.5. The Morgan fingerprint density at radius 3 is 2.53 bits per heavy atom. The molecular weight excluding hydrogens is 312 g/mol. The molecule has 2 rings (SSSR count). The molecular formula is C11H15BrN6O. The summed E-state index contributed by atoms with van der Waals surface area (Å²) in [6.45, 7) is 3.65. The molecule has 0 unspecified atom stereocenters. The van der Waals surface area contributed by atoms with Crippen molar-refractivity contribution in [2.45, 2.75) is 19.8 Å². The molecule has 0 aliphatic heterocycles. The maximum atomic E-state index is 4.67. The van der Waals surface area contributed by atoms with Crippen molar-refractivity contribution in [2.24, 2.45) is 0 Å². The molecule has 0 fully saturated rings. The first-order valence-electron chi connectivity index (χ1n) is 6.04. The topological polar surface area (TPSA) is 88.8 Å². The van der Waals surface area contributed by atoms with Crippen LogP contribution < -0.4 is 10.6 Å². The van der Waals surface area contributed by atoms with Gasteiger partial charge in [0.05, 0.1) is 0 Å². The van der Waals surface area contributed by atoms with Crippen molar-refractivity contribution in [3.63, 3.8) is 0 Å². The van der Waals surface area contributed by atoms with E-state index in [2.05, 4.69) is 58.1 Å². The summed E-state index contributed by atoms with van der Waals surface area (Å²) >= 11 is 3.49. The highest BCUT2D eigenvalue weighted by atomic mass is 79.9. The third kappa shape index (κ3) is 3.88. The summed E-state index contributed by atoms with van der Waals surface area (Å²) in [5.74, 6) is 2.21. The normalized spacial score (nSPS) is 10.4. The molecule has 0 saturated heterocycles. The van der Waals surface area contributed by atoms with Gasteiger partial charge in [-0.25, -0.2) is 9.97 Å². The first-order valence-corrected chi connectivity index (χ1v) is 6.84. The molecule has 0 atom stereocenters. The minimum absolute atomic E-state index is 0.669. The number of hydrogen-bond donors (Lipinski definition) is 2. The van der Waals surface area contributed by atoms with E-state index in [0.717, 1.165) is 29.1 Å². The van der Waals surface area contributed by atoms with E-state index in [0.29, 0.717) is 18.8 Å². The van der Waals surface area contributed by atoms with Gasteiger partial charge < -0.3 is 15.2 Å². The van der Waals surface area contributed by atoms with E-state index in [9.17, 15) is 0 Å². The number of hydrogen-bond acceptors (Lipinski definition) is 7. The van der Waals surface area contributed by atoms with Crippen LogP contribution in [0.5, 0.6) is 0 Å². The molecule has 0 saturated carbocycles. The first kappa shape index (κ1) is 13.7. The average molecular weight is 327 g/mol. The van der Waals surface area contributed by atoms with Crippen molar-refractivity contribution in [2.75, 3.05) is 23.7 Å². The van der Waals surface area contributed by atoms with Crippen LogP contribution in [0.25, 0.3) is 0 Å². The minimum atomic E-state index is 0.669. The van der Waals surface area contributed by atoms with Crippen LogP contribution in [0.3, 0.4) is 0 Å². The van der Waals surface area contributed by atoms with Gasteiger partial charge >= 0.3 is 0 Å². The van der Waals surface area contributed by atoms with Gasteiger partial charge in [-0.3, -0.25) is 0 Å². The lowest BCUT2D eigenvalue weighted by molar-refractivity contribution is 0.410. The molecule has 0 spiro atoms. The van der Waals surface area contributed by atoms with Crippen LogP contribution in [0.15, 0.2) is 21.7 Å². The number of halogens is 1. The summed E-state index contributed by atoms with van der Waals surface area (Å²) in [5.41, 5.74) is 0. The molecule has 19 heavy (non-hydrogen) atoms. The predicted octanol–water partition coefficient (Wildman–Crippen LogP) is 2.10. The van der Waals surface area contributed by atoms with Crippen LogP contribution in [0.1, 0.15) is 19.2 Å². The van der Waals surface area contributed by atoms with Gasteiger partial charge in [0.15, 0.2) is 5.82 Å². The number of nitrogens with one attached hydrogen (secondary N) is 2. The molecule has 0 radical (unpaired) electrons. The highest BCUT2D eigenvalue weighted by Crippen LogP contribution is 2.26.